The van der Waals surface area contributed by atoms with Crippen LogP contribution in [0, 0.1) is 0 Å². The normalized spacial score (nSPS) is 13.5. The number of halogens is 1. The van der Waals surface area contributed by atoms with Crippen LogP contribution in [0.15, 0.2) is 72.8 Å². The van der Waals surface area contributed by atoms with Gasteiger partial charge < -0.3 is 19.7 Å². The molecule has 0 aromatic heterocycles. The summed E-state index contributed by atoms with van der Waals surface area (Å²) in [5.41, 5.74) is 2.44. The predicted molar refractivity (Wildman–Crippen MR) is 150 cm³/mol. The van der Waals surface area contributed by atoms with Gasteiger partial charge in [0, 0.05) is 29.9 Å². The second kappa shape index (κ2) is 12.4. The molecule has 3 aromatic rings. The average Bonchev–Trinajstić information content (AvgIpc) is 2.90. The number of benzene rings is 3. The van der Waals surface area contributed by atoms with Crippen LogP contribution in [0.1, 0.15) is 43.9 Å². The van der Waals surface area contributed by atoms with Crippen molar-refractivity contribution in [3.63, 3.8) is 0 Å². The molecule has 1 aliphatic heterocycles. The highest BCUT2D eigenvalue weighted by Gasteiger charge is 2.32. The third-order valence-corrected chi connectivity index (χ3v) is 6.52. The molecule has 200 valence electrons. The van der Waals surface area contributed by atoms with E-state index in [1.54, 1.807) is 17.0 Å². The van der Waals surface area contributed by atoms with Gasteiger partial charge in [-0.15, -0.1) is 0 Å². The number of hydrogen-bond acceptors (Lipinski definition) is 4. The number of carbonyl (C=O) groups excluding carboxylic acids is 2. The summed E-state index contributed by atoms with van der Waals surface area (Å²) in [5.74, 6) is 1.14. The lowest BCUT2D eigenvalue weighted by atomic mass is 9.99. The third kappa shape index (κ3) is 7.75. The molecule has 0 aliphatic carbocycles. The van der Waals surface area contributed by atoms with Crippen molar-refractivity contribution >= 4 is 23.4 Å². The van der Waals surface area contributed by atoms with Gasteiger partial charge in [0.2, 0.25) is 11.8 Å². The van der Waals surface area contributed by atoms with E-state index in [9.17, 15) is 9.59 Å². The summed E-state index contributed by atoms with van der Waals surface area (Å²) in [6, 6.07) is 22.3. The van der Waals surface area contributed by atoms with Crippen LogP contribution in [0.25, 0.3) is 0 Å². The Hall–Kier alpha value is -3.51. The molecule has 1 heterocycles. The van der Waals surface area contributed by atoms with E-state index < -0.39 is 11.6 Å². The summed E-state index contributed by atoms with van der Waals surface area (Å²) < 4.78 is 11.3. The molecule has 3 aromatic carbocycles. The quantitative estimate of drug-likeness (QED) is 0.388. The van der Waals surface area contributed by atoms with Gasteiger partial charge in [0.25, 0.3) is 0 Å². The van der Waals surface area contributed by atoms with Crippen molar-refractivity contribution in [1.82, 2.24) is 10.2 Å². The van der Waals surface area contributed by atoms with Gasteiger partial charge in [-0.05, 0) is 68.1 Å². The lowest BCUT2D eigenvalue weighted by Gasteiger charge is -2.34. The van der Waals surface area contributed by atoms with Gasteiger partial charge >= 0.3 is 0 Å². The van der Waals surface area contributed by atoms with E-state index in [2.05, 4.69) is 5.32 Å². The summed E-state index contributed by atoms with van der Waals surface area (Å²) >= 11 is 6.11. The number of ether oxygens (including phenoxy) is 2. The Morgan fingerprint density at radius 2 is 1.55 bits per heavy atom. The lowest BCUT2D eigenvalue weighted by molar-refractivity contribution is -0.141. The van der Waals surface area contributed by atoms with Crippen molar-refractivity contribution in [2.75, 3.05) is 13.2 Å². The molecule has 2 amide bonds. The zero-order valence-corrected chi connectivity index (χ0v) is 23.0. The van der Waals surface area contributed by atoms with Gasteiger partial charge in [0.15, 0.2) is 11.5 Å². The Balaban J connectivity index is 1.60. The second-order valence-corrected chi connectivity index (χ2v) is 11.0. The smallest absolute Gasteiger partial charge is 0.243 e. The van der Waals surface area contributed by atoms with E-state index in [1.165, 1.54) is 0 Å². The van der Waals surface area contributed by atoms with Crippen LogP contribution in [0.4, 0.5) is 0 Å². The van der Waals surface area contributed by atoms with Crippen molar-refractivity contribution in [1.29, 1.82) is 0 Å². The summed E-state index contributed by atoms with van der Waals surface area (Å²) in [6.45, 7) is 7.16. The molecule has 0 saturated heterocycles. The fraction of sp³-hybridized carbons (Fsp3) is 0.355. The highest BCUT2D eigenvalue weighted by molar-refractivity contribution is 6.30. The molecule has 0 fully saturated rings. The summed E-state index contributed by atoms with van der Waals surface area (Å²) in [5, 5.41) is 3.72. The van der Waals surface area contributed by atoms with Crippen molar-refractivity contribution in [2.45, 2.75) is 58.2 Å². The first kappa shape index (κ1) is 27.5. The second-order valence-electron chi connectivity index (χ2n) is 10.6. The van der Waals surface area contributed by atoms with Crippen LogP contribution in [0.2, 0.25) is 5.02 Å². The largest absolute Gasteiger partial charge is 0.486 e. The van der Waals surface area contributed by atoms with E-state index in [0.29, 0.717) is 43.4 Å². The molecule has 0 radical (unpaired) electrons. The zero-order valence-electron chi connectivity index (χ0n) is 22.2. The first-order valence-electron chi connectivity index (χ1n) is 13.0. The maximum atomic E-state index is 13.8. The molecule has 1 atom stereocenters. The molecule has 7 heteroatoms. The van der Waals surface area contributed by atoms with E-state index in [-0.39, 0.29) is 18.2 Å². The topological polar surface area (TPSA) is 67.9 Å². The minimum Gasteiger partial charge on any atom is -0.486 e. The molecular formula is C31H35ClN2O4. The van der Waals surface area contributed by atoms with Gasteiger partial charge in [0.05, 0.1) is 0 Å². The molecule has 0 saturated carbocycles. The monoisotopic (exact) mass is 534 g/mol. The summed E-state index contributed by atoms with van der Waals surface area (Å²) in [7, 11) is 0. The van der Waals surface area contributed by atoms with Crippen LogP contribution in [-0.2, 0) is 29.0 Å². The first-order chi connectivity index (χ1) is 18.2. The van der Waals surface area contributed by atoms with Crippen LogP contribution >= 0.6 is 11.6 Å². The fourth-order valence-corrected chi connectivity index (χ4v) is 4.56. The van der Waals surface area contributed by atoms with Crippen molar-refractivity contribution in [2.24, 2.45) is 0 Å². The van der Waals surface area contributed by atoms with E-state index >= 15 is 0 Å². The van der Waals surface area contributed by atoms with E-state index in [4.69, 9.17) is 21.1 Å². The Morgan fingerprint density at radius 1 is 0.895 bits per heavy atom. The molecule has 0 bridgehead atoms. The standard InChI is InChI=1S/C31H35ClN2O4/c1-31(2,3)33-30(36)26(19-22-7-5-4-6-8-22)34(21-24-9-13-25(32)14-10-24)29(35)16-12-23-11-15-27-28(20-23)38-18-17-37-27/h4-11,13-15,20,26H,12,16-19,21H2,1-3H3,(H,33,36)/t26-/m0/s1. The Morgan fingerprint density at radius 3 is 2.24 bits per heavy atom. The number of rotatable bonds is 9. The van der Waals surface area contributed by atoms with Gasteiger partial charge in [-0.1, -0.05) is 60.1 Å². The molecule has 38 heavy (non-hydrogen) atoms. The van der Waals surface area contributed by atoms with Crippen molar-refractivity contribution in [3.05, 3.63) is 94.5 Å². The number of nitrogens with zero attached hydrogens (tertiary/aromatic N) is 1. The minimum atomic E-state index is -0.680. The van der Waals surface area contributed by atoms with Crippen LogP contribution in [-0.4, -0.2) is 41.5 Å². The van der Waals surface area contributed by atoms with Crippen molar-refractivity contribution in [3.8, 4) is 11.5 Å². The molecule has 0 unspecified atom stereocenters. The van der Waals surface area contributed by atoms with Crippen LogP contribution in [0.5, 0.6) is 11.5 Å². The number of fused-ring (bicyclic) bond motifs is 1. The van der Waals surface area contributed by atoms with Gasteiger partial charge in [-0.2, -0.15) is 0 Å². The SMILES string of the molecule is CC(C)(C)NC(=O)[C@H](Cc1ccccc1)N(Cc1ccc(Cl)cc1)C(=O)CCc1ccc2c(c1)OCCO2. The van der Waals surface area contributed by atoms with Gasteiger partial charge in [-0.25, -0.2) is 0 Å². The number of carbonyl (C=O) groups is 2. The first-order valence-corrected chi connectivity index (χ1v) is 13.3. The Kier molecular flexibility index (Phi) is 8.95. The number of aryl methyl sites for hydroxylation is 1. The summed E-state index contributed by atoms with van der Waals surface area (Å²) in [4.78, 5) is 29.2. The number of amides is 2. The molecule has 1 aliphatic rings. The zero-order chi connectivity index (χ0) is 27.1. The number of hydrogen-bond donors (Lipinski definition) is 1. The fourth-order valence-electron chi connectivity index (χ4n) is 4.43. The Labute approximate surface area is 229 Å². The van der Waals surface area contributed by atoms with Crippen LogP contribution in [0.3, 0.4) is 0 Å². The maximum Gasteiger partial charge on any atom is 0.243 e. The van der Waals surface area contributed by atoms with Gasteiger partial charge in [-0.3, -0.25) is 9.59 Å². The number of nitrogens with one attached hydrogen (secondary N) is 1. The maximum absolute atomic E-state index is 13.8. The highest BCUT2D eigenvalue weighted by Crippen LogP contribution is 2.31. The molecule has 0 spiro atoms. The van der Waals surface area contributed by atoms with E-state index in [0.717, 1.165) is 22.4 Å². The molecular weight excluding hydrogens is 500 g/mol. The molecule has 1 N–H and O–H groups in total. The third-order valence-electron chi connectivity index (χ3n) is 6.27. The average molecular weight is 535 g/mol. The Bertz CT molecular complexity index is 1240. The predicted octanol–water partition coefficient (Wildman–Crippen LogP) is 5.60. The summed E-state index contributed by atoms with van der Waals surface area (Å²) in [6.07, 6.45) is 1.18. The lowest BCUT2D eigenvalue weighted by Crippen LogP contribution is -2.54. The molecule has 4 rings (SSSR count). The highest BCUT2D eigenvalue weighted by atomic mass is 35.5. The van der Waals surface area contributed by atoms with Gasteiger partial charge in [0.1, 0.15) is 19.3 Å². The molecule has 6 nitrogen and oxygen atoms in total. The minimum absolute atomic E-state index is 0.0974. The van der Waals surface area contributed by atoms with E-state index in [1.807, 2.05) is 81.4 Å². The van der Waals surface area contributed by atoms with Crippen LogP contribution < -0.4 is 14.8 Å². The van der Waals surface area contributed by atoms with Crippen molar-refractivity contribution < 1.29 is 19.1 Å².